The van der Waals surface area contributed by atoms with E-state index in [9.17, 15) is 4.79 Å². The minimum atomic E-state index is -0.149. The molecule has 2 aromatic carbocycles. The molecule has 5 aromatic rings. The smallest absolute Gasteiger partial charge is 0.257 e. The first-order chi connectivity index (χ1) is 14.8. The Morgan fingerprint density at radius 3 is 2.70 bits per heavy atom. The standard InChI is InChI=1S/C23H19N5OS/c29-22(27-23-26-11-12-30-23)17-7-5-16(6-8-17)14-28-15-18(13-21-24-9-10-25-21)19-3-1-2-4-20(19)28/h1-12,15H,13-14H2,(H,24,25)(H,26,27,29). The minimum absolute atomic E-state index is 0.149. The van der Waals surface area contributed by atoms with Crippen LogP contribution in [0.1, 0.15) is 27.3 Å². The number of fused-ring (bicyclic) bond motifs is 1. The maximum Gasteiger partial charge on any atom is 0.257 e. The Hall–Kier alpha value is -3.71. The molecule has 30 heavy (non-hydrogen) atoms. The van der Waals surface area contributed by atoms with Gasteiger partial charge in [-0.1, -0.05) is 30.3 Å². The predicted octanol–water partition coefficient (Wildman–Crippen LogP) is 4.71. The van der Waals surface area contributed by atoms with Crippen molar-refractivity contribution in [3.8, 4) is 0 Å². The highest BCUT2D eigenvalue weighted by atomic mass is 32.1. The van der Waals surface area contributed by atoms with E-state index < -0.39 is 0 Å². The van der Waals surface area contributed by atoms with Crippen molar-refractivity contribution in [3.63, 3.8) is 0 Å². The molecule has 0 saturated heterocycles. The molecule has 148 valence electrons. The predicted molar refractivity (Wildman–Crippen MR) is 119 cm³/mol. The second kappa shape index (κ2) is 7.96. The van der Waals surface area contributed by atoms with Gasteiger partial charge in [0, 0.05) is 59.6 Å². The summed E-state index contributed by atoms with van der Waals surface area (Å²) < 4.78 is 2.25. The van der Waals surface area contributed by atoms with Gasteiger partial charge >= 0.3 is 0 Å². The Morgan fingerprint density at radius 1 is 1.07 bits per heavy atom. The lowest BCUT2D eigenvalue weighted by atomic mass is 10.1. The molecule has 0 spiro atoms. The van der Waals surface area contributed by atoms with Crippen molar-refractivity contribution in [3.05, 3.63) is 101 Å². The maximum absolute atomic E-state index is 12.4. The number of carbonyl (C=O) groups is 1. The van der Waals surface area contributed by atoms with Gasteiger partial charge in [-0.3, -0.25) is 10.1 Å². The number of nitrogens with one attached hydrogen (secondary N) is 2. The van der Waals surface area contributed by atoms with Gasteiger partial charge in [-0.2, -0.15) is 0 Å². The summed E-state index contributed by atoms with van der Waals surface area (Å²) in [6.07, 6.45) is 8.25. The number of amides is 1. The van der Waals surface area contributed by atoms with Crippen molar-refractivity contribution in [1.29, 1.82) is 0 Å². The van der Waals surface area contributed by atoms with Crippen LogP contribution in [0.4, 0.5) is 5.13 Å². The number of hydrogen-bond acceptors (Lipinski definition) is 4. The molecule has 0 radical (unpaired) electrons. The number of rotatable bonds is 6. The van der Waals surface area contributed by atoms with E-state index in [-0.39, 0.29) is 5.91 Å². The van der Waals surface area contributed by atoms with Crippen molar-refractivity contribution >= 4 is 33.3 Å². The number of thiazole rings is 1. The third kappa shape index (κ3) is 3.75. The van der Waals surface area contributed by atoms with Crippen molar-refractivity contribution < 1.29 is 4.79 Å². The Labute approximate surface area is 177 Å². The number of carbonyl (C=O) groups excluding carboxylic acids is 1. The van der Waals surface area contributed by atoms with Crippen LogP contribution in [-0.4, -0.2) is 25.4 Å². The molecular formula is C23H19N5OS. The average Bonchev–Trinajstić information content (AvgIpc) is 3.52. The second-order valence-corrected chi connectivity index (χ2v) is 7.89. The van der Waals surface area contributed by atoms with Gasteiger partial charge in [0.25, 0.3) is 5.91 Å². The van der Waals surface area contributed by atoms with Gasteiger partial charge in [0.1, 0.15) is 5.82 Å². The summed E-state index contributed by atoms with van der Waals surface area (Å²) in [4.78, 5) is 24.0. The van der Waals surface area contributed by atoms with Crippen LogP contribution in [0.25, 0.3) is 10.9 Å². The van der Waals surface area contributed by atoms with Gasteiger partial charge in [0.05, 0.1) is 0 Å². The van der Waals surface area contributed by atoms with Gasteiger partial charge < -0.3 is 9.55 Å². The van der Waals surface area contributed by atoms with E-state index in [4.69, 9.17) is 0 Å². The van der Waals surface area contributed by atoms with Crippen LogP contribution in [0.15, 0.2) is 78.7 Å². The highest BCUT2D eigenvalue weighted by molar-refractivity contribution is 7.13. The van der Waals surface area contributed by atoms with Crippen molar-refractivity contribution in [1.82, 2.24) is 19.5 Å². The van der Waals surface area contributed by atoms with Crippen LogP contribution in [0, 0.1) is 0 Å². The van der Waals surface area contributed by atoms with E-state index in [0.717, 1.165) is 24.4 Å². The number of benzene rings is 2. The lowest BCUT2D eigenvalue weighted by Crippen LogP contribution is -2.11. The molecular weight excluding hydrogens is 394 g/mol. The molecule has 0 aliphatic carbocycles. The normalized spacial score (nSPS) is 11.1. The molecule has 7 heteroatoms. The highest BCUT2D eigenvalue weighted by Gasteiger charge is 2.11. The summed E-state index contributed by atoms with van der Waals surface area (Å²) in [5, 5.41) is 6.48. The number of hydrogen-bond donors (Lipinski definition) is 2. The zero-order chi connectivity index (χ0) is 20.3. The van der Waals surface area contributed by atoms with Crippen LogP contribution >= 0.6 is 11.3 Å². The number of aromatic nitrogens is 4. The molecule has 0 unspecified atom stereocenters. The number of H-pyrrole nitrogens is 1. The quantitative estimate of drug-likeness (QED) is 0.423. The number of anilines is 1. The molecule has 0 atom stereocenters. The molecule has 0 bridgehead atoms. The fourth-order valence-electron chi connectivity index (χ4n) is 3.58. The molecule has 2 N–H and O–H groups in total. The third-order valence-corrected chi connectivity index (χ3v) is 5.69. The summed E-state index contributed by atoms with van der Waals surface area (Å²) in [6.45, 7) is 0.729. The monoisotopic (exact) mass is 413 g/mol. The number of imidazole rings is 1. The minimum Gasteiger partial charge on any atom is -0.348 e. The van der Waals surface area contributed by atoms with E-state index in [2.05, 4.69) is 55.3 Å². The van der Waals surface area contributed by atoms with Gasteiger partial charge in [-0.05, 0) is 29.3 Å². The molecule has 3 heterocycles. The maximum atomic E-state index is 12.4. The Morgan fingerprint density at radius 2 is 1.93 bits per heavy atom. The summed E-state index contributed by atoms with van der Waals surface area (Å²) in [7, 11) is 0. The summed E-state index contributed by atoms with van der Waals surface area (Å²) >= 11 is 1.40. The molecule has 1 amide bonds. The fourth-order valence-corrected chi connectivity index (χ4v) is 4.11. The number of nitrogens with zero attached hydrogens (tertiary/aromatic N) is 3. The van der Waals surface area contributed by atoms with Gasteiger partial charge in [-0.15, -0.1) is 11.3 Å². The number of para-hydroxylation sites is 1. The van der Waals surface area contributed by atoms with E-state index in [0.29, 0.717) is 10.7 Å². The molecule has 6 nitrogen and oxygen atoms in total. The van der Waals surface area contributed by atoms with Crippen LogP contribution in [0.3, 0.4) is 0 Å². The first kappa shape index (κ1) is 18.3. The zero-order valence-corrected chi connectivity index (χ0v) is 16.9. The Bertz CT molecular complexity index is 1270. The molecule has 0 fully saturated rings. The number of aromatic amines is 1. The van der Waals surface area contributed by atoms with Crippen molar-refractivity contribution in [2.45, 2.75) is 13.0 Å². The Balaban J connectivity index is 1.37. The first-order valence-electron chi connectivity index (χ1n) is 9.61. The largest absolute Gasteiger partial charge is 0.348 e. The zero-order valence-electron chi connectivity index (χ0n) is 16.1. The van der Waals surface area contributed by atoms with Gasteiger partial charge in [-0.25, -0.2) is 9.97 Å². The van der Waals surface area contributed by atoms with E-state index in [1.165, 1.54) is 27.8 Å². The SMILES string of the molecule is O=C(Nc1nccs1)c1ccc(Cn2cc(Cc3ncc[nH]3)c3ccccc32)cc1. The summed E-state index contributed by atoms with van der Waals surface area (Å²) in [5.74, 6) is 0.803. The highest BCUT2D eigenvalue weighted by Crippen LogP contribution is 2.24. The second-order valence-electron chi connectivity index (χ2n) is 7.00. The lowest BCUT2D eigenvalue weighted by molar-refractivity contribution is 0.102. The topological polar surface area (TPSA) is 75.6 Å². The van der Waals surface area contributed by atoms with E-state index in [1.807, 2.05) is 35.8 Å². The molecule has 0 aliphatic rings. The molecule has 5 rings (SSSR count). The van der Waals surface area contributed by atoms with Crippen LogP contribution < -0.4 is 5.32 Å². The van der Waals surface area contributed by atoms with Crippen molar-refractivity contribution in [2.75, 3.05) is 5.32 Å². The Kier molecular flexibility index (Phi) is 4.86. The summed E-state index contributed by atoms with van der Waals surface area (Å²) in [6, 6.07) is 16.1. The van der Waals surface area contributed by atoms with Crippen LogP contribution in [0.5, 0.6) is 0 Å². The third-order valence-electron chi connectivity index (χ3n) is 5.01. The summed E-state index contributed by atoms with van der Waals surface area (Å²) in [5.41, 5.74) is 4.17. The molecule has 3 aromatic heterocycles. The first-order valence-corrected chi connectivity index (χ1v) is 10.5. The van der Waals surface area contributed by atoms with Crippen LogP contribution in [-0.2, 0) is 13.0 Å². The fraction of sp³-hybridized carbons (Fsp3) is 0.0870. The molecule has 0 aliphatic heterocycles. The average molecular weight is 414 g/mol. The molecule has 0 saturated carbocycles. The van der Waals surface area contributed by atoms with Crippen LogP contribution in [0.2, 0.25) is 0 Å². The lowest BCUT2D eigenvalue weighted by Gasteiger charge is -2.07. The van der Waals surface area contributed by atoms with Gasteiger partial charge in [0.15, 0.2) is 5.13 Å². The van der Waals surface area contributed by atoms with Crippen molar-refractivity contribution in [2.24, 2.45) is 0 Å². The van der Waals surface area contributed by atoms with E-state index >= 15 is 0 Å². The van der Waals surface area contributed by atoms with Gasteiger partial charge in [0.2, 0.25) is 0 Å². The van der Waals surface area contributed by atoms with E-state index in [1.54, 1.807) is 12.4 Å².